The fraction of sp³-hybridized carbons (Fsp3) is 0.429. The second kappa shape index (κ2) is 21.2. The van der Waals surface area contributed by atoms with Crippen LogP contribution in [0.4, 0.5) is 0 Å². The first-order valence-corrected chi connectivity index (χ1v) is 11.7. The normalized spacial score (nSPS) is 12.7. The minimum absolute atomic E-state index is 0. The summed E-state index contributed by atoms with van der Waals surface area (Å²) in [7, 11) is 0.300. The van der Waals surface area contributed by atoms with Crippen LogP contribution in [-0.2, 0) is 26.2 Å². The Morgan fingerprint density at radius 2 is 1.05 bits per heavy atom. The van der Waals surface area contributed by atoms with E-state index in [4.69, 9.17) is 0 Å². The topological polar surface area (TPSA) is 0 Å². The molecule has 2 radical (unpaired) electrons. The Bertz CT molecular complexity index is 225. The molecule has 0 saturated heterocycles. The second-order valence-electron chi connectivity index (χ2n) is 4.01. The van der Waals surface area contributed by atoms with Crippen molar-refractivity contribution < 1.29 is 51.0 Å². The molecule has 2 rings (SSSR count). The van der Waals surface area contributed by atoms with Crippen LogP contribution in [0.3, 0.4) is 0 Å². The van der Waals surface area contributed by atoms with Crippen molar-refractivity contribution in [2.45, 2.75) is 39.0 Å². The summed E-state index contributed by atoms with van der Waals surface area (Å²) >= 11 is 0. The summed E-state index contributed by atoms with van der Waals surface area (Å²) in [6.45, 7) is 9.55. The molecule has 2 aliphatic carbocycles. The first-order valence-electron chi connectivity index (χ1n) is 5.68. The summed E-state index contributed by atoms with van der Waals surface area (Å²) in [5.74, 6) is 0. The van der Waals surface area contributed by atoms with Crippen molar-refractivity contribution in [1.82, 2.24) is 0 Å². The molecular formula is C14H22Cl2Si2Zr. The molecule has 0 unspecified atom stereocenters. The van der Waals surface area contributed by atoms with Gasteiger partial charge in [-0.2, -0.15) is 12.2 Å². The number of rotatable bonds is 1. The molecule has 0 saturated carbocycles. The molecule has 0 fully saturated rings. The van der Waals surface area contributed by atoms with Crippen LogP contribution in [0.5, 0.6) is 0 Å². The predicted octanol–water partition coefficient (Wildman–Crippen LogP) is -1.81. The van der Waals surface area contributed by atoms with E-state index in [-0.39, 0.29) is 67.6 Å². The molecule has 0 spiro atoms. The SMILES string of the molecule is C[Si](C)[Si](C)C.[C-]1=CC=CC1.[C-]1=CC=CC1.[Cl-].[Cl-].[Zr+4]. The summed E-state index contributed by atoms with van der Waals surface area (Å²) in [5.41, 5.74) is 0. The van der Waals surface area contributed by atoms with Gasteiger partial charge in [0.2, 0.25) is 0 Å². The molecule has 0 nitrogen and oxygen atoms in total. The van der Waals surface area contributed by atoms with Crippen molar-refractivity contribution in [1.29, 1.82) is 0 Å². The van der Waals surface area contributed by atoms with Crippen molar-refractivity contribution in [2.75, 3.05) is 0 Å². The van der Waals surface area contributed by atoms with E-state index < -0.39 is 0 Å². The van der Waals surface area contributed by atoms with Crippen LogP contribution in [0, 0.1) is 12.2 Å². The first kappa shape index (κ1) is 28.1. The summed E-state index contributed by atoms with van der Waals surface area (Å²) in [6.07, 6.45) is 20.0. The zero-order valence-electron chi connectivity index (χ0n) is 12.1. The molecule has 0 aromatic heterocycles. The third kappa shape index (κ3) is 24.3. The Morgan fingerprint density at radius 1 is 0.737 bits per heavy atom. The van der Waals surface area contributed by atoms with E-state index in [1.807, 2.05) is 24.3 Å². The van der Waals surface area contributed by atoms with Crippen LogP contribution in [0.15, 0.2) is 36.5 Å². The van der Waals surface area contributed by atoms with Crippen LogP contribution < -0.4 is 24.8 Å². The summed E-state index contributed by atoms with van der Waals surface area (Å²) < 4.78 is 0. The van der Waals surface area contributed by atoms with Gasteiger partial charge < -0.3 is 24.8 Å². The summed E-state index contributed by atoms with van der Waals surface area (Å²) in [6, 6.07) is 0. The third-order valence-electron chi connectivity index (χ3n) is 2.17. The van der Waals surface area contributed by atoms with Crippen LogP contribution in [-0.4, -0.2) is 16.6 Å². The van der Waals surface area contributed by atoms with E-state index >= 15 is 0 Å². The molecule has 0 bridgehead atoms. The van der Waals surface area contributed by atoms with Gasteiger partial charge in [0.1, 0.15) is 0 Å². The largest absolute Gasteiger partial charge is 4.00 e. The van der Waals surface area contributed by atoms with Crippen molar-refractivity contribution in [3.05, 3.63) is 48.6 Å². The Morgan fingerprint density at radius 3 is 1.11 bits per heavy atom. The minimum Gasteiger partial charge on any atom is -1.00 e. The molecule has 0 N–H and O–H groups in total. The maximum Gasteiger partial charge on any atom is 4.00 e. The van der Waals surface area contributed by atoms with E-state index in [0.717, 1.165) is 12.8 Å². The zero-order valence-corrected chi connectivity index (χ0v) is 18.1. The van der Waals surface area contributed by atoms with Crippen LogP contribution >= 0.6 is 0 Å². The average Bonchev–Trinajstić information content (AvgIpc) is 2.97. The first-order chi connectivity index (χ1) is 7.64. The van der Waals surface area contributed by atoms with Crippen molar-refractivity contribution in [3.8, 4) is 0 Å². The standard InChI is InChI=1S/2C5H5.C4H12Si2.2ClH.Zr/c2*1-2-4-5-3-1;1-5(2)6(3)4;;;/h2*1-3H,4H2;1-4H3;2*1H;/q2*-1;;;;+4/p-2. The monoisotopic (exact) mass is 406 g/mol. The smallest absolute Gasteiger partial charge is 1.00 e. The molecule has 0 aromatic rings. The Hall–Kier alpha value is 0.857. The van der Waals surface area contributed by atoms with E-state index in [1.165, 1.54) is 0 Å². The van der Waals surface area contributed by atoms with Gasteiger partial charge in [0.05, 0.1) is 0 Å². The van der Waals surface area contributed by atoms with Crippen LogP contribution in [0.2, 0.25) is 26.2 Å². The van der Waals surface area contributed by atoms with Crippen LogP contribution in [0.25, 0.3) is 0 Å². The maximum absolute atomic E-state index is 2.99. The Labute approximate surface area is 154 Å². The quantitative estimate of drug-likeness (QED) is 0.355. The number of allylic oxidation sites excluding steroid dienone is 8. The molecule has 0 atom stereocenters. The molecule has 2 aliphatic rings. The summed E-state index contributed by atoms with van der Waals surface area (Å²) in [5, 5.41) is 0. The van der Waals surface area contributed by atoms with Crippen molar-refractivity contribution >= 4 is 16.6 Å². The number of hydrogen-bond donors (Lipinski definition) is 0. The molecule has 0 aromatic carbocycles. The van der Waals surface area contributed by atoms with Gasteiger partial charge in [-0.3, -0.25) is 12.2 Å². The van der Waals surface area contributed by atoms with E-state index in [0.29, 0.717) is 0 Å². The Kier molecular flexibility index (Phi) is 31.3. The van der Waals surface area contributed by atoms with E-state index in [1.54, 1.807) is 0 Å². The molecule has 0 amide bonds. The van der Waals surface area contributed by atoms with Gasteiger partial charge in [-0.15, -0.1) is 12.8 Å². The van der Waals surface area contributed by atoms with Crippen LogP contribution in [0.1, 0.15) is 12.8 Å². The molecular weight excluding hydrogens is 386 g/mol. The second-order valence-corrected chi connectivity index (χ2v) is 14.0. The maximum atomic E-state index is 2.99. The number of hydrogen-bond acceptors (Lipinski definition) is 0. The summed E-state index contributed by atoms with van der Waals surface area (Å²) in [4.78, 5) is 0. The Balaban J connectivity index is -0.0000000824. The molecule has 19 heavy (non-hydrogen) atoms. The van der Waals surface area contributed by atoms with Gasteiger partial charge in [-0.1, -0.05) is 26.2 Å². The van der Waals surface area contributed by atoms with Gasteiger partial charge in [0.15, 0.2) is 0 Å². The van der Waals surface area contributed by atoms with Gasteiger partial charge in [0, 0.05) is 16.6 Å². The number of halogens is 2. The fourth-order valence-electron chi connectivity index (χ4n) is 0.680. The molecule has 0 heterocycles. The molecule has 104 valence electrons. The predicted molar refractivity (Wildman–Crippen MR) is 78.1 cm³/mol. The van der Waals surface area contributed by atoms with E-state index in [9.17, 15) is 0 Å². The average molecular weight is 409 g/mol. The van der Waals surface area contributed by atoms with Crippen molar-refractivity contribution in [3.63, 3.8) is 0 Å². The van der Waals surface area contributed by atoms with Gasteiger partial charge in [-0.25, -0.2) is 24.3 Å². The molecule has 5 heteroatoms. The van der Waals surface area contributed by atoms with Crippen molar-refractivity contribution in [2.24, 2.45) is 0 Å². The minimum atomic E-state index is 0. The van der Waals surface area contributed by atoms with Gasteiger partial charge in [0.25, 0.3) is 0 Å². The van der Waals surface area contributed by atoms with Gasteiger partial charge in [-0.05, 0) is 0 Å². The van der Waals surface area contributed by atoms with Gasteiger partial charge >= 0.3 is 26.2 Å². The molecule has 0 aliphatic heterocycles. The third-order valence-corrected chi connectivity index (χ3v) is 10.2. The fourth-order valence-corrected chi connectivity index (χ4v) is 0.680. The zero-order chi connectivity index (χ0) is 12.2. The van der Waals surface area contributed by atoms with E-state index in [2.05, 4.69) is 50.5 Å².